The van der Waals surface area contributed by atoms with Gasteiger partial charge in [-0.15, -0.1) is 11.3 Å². The van der Waals surface area contributed by atoms with Crippen LogP contribution in [0, 0.1) is 6.92 Å². The third-order valence-corrected chi connectivity index (χ3v) is 7.64. The maximum Gasteiger partial charge on any atom is 0.254 e. The molecule has 5 heterocycles. The van der Waals surface area contributed by atoms with Gasteiger partial charge in [0, 0.05) is 37.8 Å². The highest BCUT2D eigenvalue weighted by Gasteiger charge is 2.27. The van der Waals surface area contributed by atoms with Crippen molar-refractivity contribution in [1.29, 1.82) is 0 Å². The number of aryl methyl sites for hydroxylation is 1. The van der Waals surface area contributed by atoms with Gasteiger partial charge in [-0.2, -0.15) is 5.10 Å². The minimum atomic E-state index is 0.0172. The quantitative estimate of drug-likeness (QED) is 0.349. The second kappa shape index (κ2) is 8.98. The summed E-state index contributed by atoms with van der Waals surface area (Å²) in [5.41, 5.74) is 4.34. The summed E-state index contributed by atoms with van der Waals surface area (Å²) in [5.74, 6) is 0.961. The van der Waals surface area contributed by atoms with Crippen molar-refractivity contribution in [3.8, 4) is 11.3 Å². The molecule has 0 N–H and O–H groups in total. The number of carbonyl (C=O) groups excluding carboxylic acids is 1. The van der Waals surface area contributed by atoms with Crippen LogP contribution in [-0.2, 0) is 0 Å². The number of hydrogen-bond donors (Lipinski definition) is 0. The molecule has 1 aliphatic heterocycles. The molecule has 182 valence electrons. The van der Waals surface area contributed by atoms with Gasteiger partial charge in [-0.1, -0.05) is 24.3 Å². The molecule has 4 aromatic heterocycles. The van der Waals surface area contributed by atoms with E-state index in [0.29, 0.717) is 18.7 Å². The zero-order valence-electron chi connectivity index (χ0n) is 20.5. The molecular weight excluding hydrogens is 470 g/mol. The predicted molar refractivity (Wildman–Crippen MR) is 144 cm³/mol. The first-order valence-corrected chi connectivity index (χ1v) is 13.1. The van der Waals surface area contributed by atoms with Crippen LogP contribution in [0.4, 0.5) is 5.82 Å². The van der Waals surface area contributed by atoms with Gasteiger partial charge in [0.2, 0.25) is 0 Å². The van der Waals surface area contributed by atoms with Crippen molar-refractivity contribution >= 4 is 44.3 Å². The minimum Gasteiger partial charge on any atom is -0.352 e. The first kappa shape index (κ1) is 22.6. The molecule has 0 aliphatic carbocycles. The molecule has 36 heavy (non-hydrogen) atoms. The first-order chi connectivity index (χ1) is 17.5. The molecular formula is C27H27N7OS. The molecule has 1 amide bonds. The lowest BCUT2D eigenvalue weighted by molar-refractivity contribution is 0.0748. The molecule has 0 bridgehead atoms. The minimum absolute atomic E-state index is 0.0172. The molecule has 9 heteroatoms. The van der Waals surface area contributed by atoms with E-state index in [2.05, 4.69) is 58.9 Å². The summed E-state index contributed by atoms with van der Waals surface area (Å²) in [6.45, 7) is 8.90. The summed E-state index contributed by atoms with van der Waals surface area (Å²) < 4.78 is 1.90. The smallest absolute Gasteiger partial charge is 0.254 e. The second-order valence-corrected chi connectivity index (χ2v) is 10.3. The molecule has 1 saturated heterocycles. The van der Waals surface area contributed by atoms with Crippen LogP contribution in [0.2, 0.25) is 0 Å². The number of piperazine rings is 1. The summed E-state index contributed by atoms with van der Waals surface area (Å²) in [6.07, 6.45) is 3.40. The Kier molecular flexibility index (Phi) is 5.64. The normalized spacial score (nSPS) is 14.3. The Balaban J connectivity index is 1.34. The van der Waals surface area contributed by atoms with Gasteiger partial charge in [0.15, 0.2) is 5.65 Å². The van der Waals surface area contributed by atoms with Crippen LogP contribution in [0.25, 0.3) is 32.5 Å². The van der Waals surface area contributed by atoms with Crippen molar-refractivity contribution in [2.24, 2.45) is 0 Å². The Hall–Kier alpha value is -3.85. The number of fused-ring (bicyclic) bond motifs is 2. The largest absolute Gasteiger partial charge is 0.352 e. The van der Waals surface area contributed by atoms with Crippen molar-refractivity contribution in [2.45, 2.75) is 26.8 Å². The van der Waals surface area contributed by atoms with Crippen LogP contribution in [0.15, 0.2) is 54.3 Å². The number of rotatable bonds is 4. The number of anilines is 1. The molecule has 0 unspecified atom stereocenters. The molecule has 0 atom stereocenters. The maximum atomic E-state index is 13.9. The van der Waals surface area contributed by atoms with Gasteiger partial charge >= 0.3 is 0 Å². The van der Waals surface area contributed by atoms with Gasteiger partial charge in [0.05, 0.1) is 28.2 Å². The van der Waals surface area contributed by atoms with Gasteiger partial charge < -0.3 is 9.80 Å². The van der Waals surface area contributed by atoms with Crippen LogP contribution in [0.5, 0.6) is 0 Å². The number of benzene rings is 1. The molecule has 0 spiro atoms. The Labute approximate surface area is 213 Å². The SMILES string of the molecule is Cc1ccccc1-c1cc(C(=O)N2CCN(c3ncnc4sccc34)CC2)c2cnn(C(C)C)c2n1. The molecule has 0 radical (unpaired) electrons. The van der Waals surface area contributed by atoms with Gasteiger partial charge in [-0.3, -0.25) is 4.79 Å². The lowest BCUT2D eigenvalue weighted by Gasteiger charge is -2.35. The van der Waals surface area contributed by atoms with Crippen molar-refractivity contribution < 1.29 is 4.79 Å². The lowest BCUT2D eigenvalue weighted by Crippen LogP contribution is -2.49. The Morgan fingerprint density at radius 1 is 1.03 bits per heavy atom. The van der Waals surface area contributed by atoms with Crippen molar-refractivity contribution in [2.75, 3.05) is 31.1 Å². The highest BCUT2D eigenvalue weighted by atomic mass is 32.1. The number of amides is 1. The fourth-order valence-electron chi connectivity index (χ4n) is 4.89. The van der Waals surface area contributed by atoms with Crippen LogP contribution < -0.4 is 4.90 Å². The average Bonchev–Trinajstić information content (AvgIpc) is 3.55. The van der Waals surface area contributed by atoms with Crippen LogP contribution in [-0.4, -0.2) is 61.7 Å². The fraction of sp³-hybridized carbons (Fsp3) is 0.296. The lowest BCUT2D eigenvalue weighted by atomic mass is 10.0. The van der Waals surface area contributed by atoms with E-state index < -0.39 is 0 Å². The van der Waals surface area contributed by atoms with E-state index in [1.54, 1.807) is 23.9 Å². The molecule has 6 rings (SSSR count). The summed E-state index contributed by atoms with van der Waals surface area (Å²) in [6, 6.07) is 12.3. The summed E-state index contributed by atoms with van der Waals surface area (Å²) in [7, 11) is 0. The number of thiophene rings is 1. The molecule has 1 fully saturated rings. The van der Waals surface area contributed by atoms with Crippen molar-refractivity contribution in [3.05, 3.63) is 65.4 Å². The number of aromatic nitrogens is 5. The average molecular weight is 498 g/mol. The van der Waals surface area contributed by atoms with E-state index in [0.717, 1.165) is 57.0 Å². The monoisotopic (exact) mass is 497 g/mol. The van der Waals surface area contributed by atoms with E-state index in [9.17, 15) is 4.79 Å². The molecule has 0 saturated carbocycles. The highest BCUT2D eigenvalue weighted by molar-refractivity contribution is 7.16. The van der Waals surface area contributed by atoms with E-state index in [4.69, 9.17) is 4.98 Å². The summed E-state index contributed by atoms with van der Waals surface area (Å²) in [4.78, 5) is 32.9. The van der Waals surface area contributed by atoms with E-state index >= 15 is 0 Å². The predicted octanol–water partition coefficient (Wildman–Crippen LogP) is 4.95. The van der Waals surface area contributed by atoms with Gasteiger partial charge in [-0.25, -0.2) is 19.6 Å². The van der Waals surface area contributed by atoms with Gasteiger partial charge in [0.1, 0.15) is 17.0 Å². The van der Waals surface area contributed by atoms with Crippen LogP contribution in [0.1, 0.15) is 35.8 Å². The first-order valence-electron chi connectivity index (χ1n) is 12.2. The zero-order valence-corrected chi connectivity index (χ0v) is 21.4. The van der Waals surface area contributed by atoms with Crippen LogP contribution >= 0.6 is 11.3 Å². The summed E-state index contributed by atoms with van der Waals surface area (Å²) in [5, 5.41) is 8.49. The number of carbonyl (C=O) groups is 1. The van der Waals surface area contributed by atoms with Crippen molar-refractivity contribution in [1.82, 2.24) is 29.6 Å². The van der Waals surface area contributed by atoms with E-state index in [-0.39, 0.29) is 11.9 Å². The Morgan fingerprint density at radius 3 is 2.61 bits per heavy atom. The Bertz CT molecular complexity index is 1580. The number of pyridine rings is 1. The fourth-order valence-corrected chi connectivity index (χ4v) is 5.62. The third kappa shape index (κ3) is 3.80. The molecule has 1 aliphatic rings. The molecule has 5 aromatic rings. The van der Waals surface area contributed by atoms with E-state index in [1.165, 1.54) is 0 Å². The standard InChI is InChI=1S/C27H27N7OS/c1-17(2)34-25-22(15-30-34)21(14-23(31-25)19-7-5-4-6-18(19)3)27(35)33-11-9-32(10-12-33)24-20-8-13-36-26(20)29-16-28-24/h4-8,13-17H,9-12H2,1-3H3. The highest BCUT2D eigenvalue weighted by Crippen LogP contribution is 2.30. The number of hydrogen-bond acceptors (Lipinski definition) is 7. The Morgan fingerprint density at radius 2 is 1.83 bits per heavy atom. The van der Waals surface area contributed by atoms with Gasteiger partial charge in [-0.05, 0) is 43.8 Å². The van der Waals surface area contributed by atoms with Crippen LogP contribution in [0.3, 0.4) is 0 Å². The van der Waals surface area contributed by atoms with Crippen molar-refractivity contribution in [3.63, 3.8) is 0 Å². The topological polar surface area (TPSA) is 80.0 Å². The molecule has 8 nitrogen and oxygen atoms in total. The summed E-state index contributed by atoms with van der Waals surface area (Å²) >= 11 is 1.62. The number of nitrogens with zero attached hydrogens (tertiary/aromatic N) is 7. The van der Waals surface area contributed by atoms with E-state index in [1.807, 2.05) is 33.2 Å². The molecule has 1 aromatic carbocycles. The third-order valence-electron chi connectivity index (χ3n) is 6.81. The maximum absolute atomic E-state index is 13.9. The van der Waals surface area contributed by atoms with Gasteiger partial charge in [0.25, 0.3) is 5.91 Å². The zero-order chi connectivity index (χ0) is 24.8. The second-order valence-electron chi connectivity index (χ2n) is 9.41.